The van der Waals surface area contributed by atoms with Gasteiger partial charge in [-0.2, -0.15) is 0 Å². The summed E-state index contributed by atoms with van der Waals surface area (Å²) in [5.41, 5.74) is 5.45. The van der Waals surface area contributed by atoms with Gasteiger partial charge >= 0.3 is 5.97 Å². The van der Waals surface area contributed by atoms with E-state index < -0.39 is 0 Å². The van der Waals surface area contributed by atoms with E-state index in [0.717, 1.165) is 51.3 Å². The molecule has 36 heavy (non-hydrogen) atoms. The average molecular weight is 500 g/mol. The minimum absolute atomic E-state index is 0.329. The Hall–Kier alpha value is -4.03. The summed E-state index contributed by atoms with van der Waals surface area (Å²) in [6.45, 7) is 4.36. The third-order valence-corrected chi connectivity index (χ3v) is 6.24. The Bertz CT molecular complexity index is 1440. The maximum Gasteiger partial charge on any atom is 0.331 e. The topological polar surface area (TPSA) is 54.9 Å². The molecular formula is C29H26ClN3O3. The number of halogens is 1. The van der Waals surface area contributed by atoms with Crippen LogP contribution >= 0.6 is 11.6 Å². The van der Waals surface area contributed by atoms with Crippen LogP contribution in [0.15, 0.2) is 90.6 Å². The molecular weight excluding hydrogens is 474 g/mol. The van der Waals surface area contributed by atoms with Crippen molar-refractivity contribution in [2.24, 2.45) is 0 Å². The molecule has 5 rings (SSSR count). The Kier molecular flexibility index (Phi) is 6.78. The molecule has 0 atom stereocenters. The van der Waals surface area contributed by atoms with E-state index in [1.54, 1.807) is 5.17 Å². The number of fused-ring (bicyclic) bond motifs is 1. The molecule has 1 aromatic heterocycles. The van der Waals surface area contributed by atoms with Gasteiger partial charge in [0.25, 0.3) is 0 Å². The first kappa shape index (κ1) is 23.7. The minimum Gasteiger partial charge on any atom is -0.487 e. The van der Waals surface area contributed by atoms with Crippen LogP contribution in [0.2, 0.25) is 5.02 Å². The van der Waals surface area contributed by atoms with Gasteiger partial charge in [0, 0.05) is 22.9 Å². The predicted molar refractivity (Wildman–Crippen MR) is 142 cm³/mol. The van der Waals surface area contributed by atoms with Crippen LogP contribution in [0.4, 0.5) is 5.69 Å². The van der Waals surface area contributed by atoms with Crippen LogP contribution in [-0.4, -0.2) is 22.7 Å². The summed E-state index contributed by atoms with van der Waals surface area (Å²) in [5.74, 6) is 0.347. The lowest BCUT2D eigenvalue weighted by Crippen LogP contribution is -2.38. The SMILES string of the molecule is CCC1=CCN(c2ccc(OCc3ccc4ccccc4n3)c(-c3ccc(Cl)cc3)c2)N1OC(C)=O. The third-order valence-electron chi connectivity index (χ3n) is 5.99. The van der Waals surface area contributed by atoms with Crippen molar-refractivity contribution < 1.29 is 14.4 Å². The number of allylic oxidation sites excluding steroid dienone is 1. The Morgan fingerprint density at radius 2 is 1.83 bits per heavy atom. The number of pyridine rings is 1. The molecule has 0 saturated carbocycles. The quantitative estimate of drug-likeness (QED) is 0.274. The number of ether oxygens (including phenoxy) is 1. The second-order valence-electron chi connectivity index (χ2n) is 8.46. The highest BCUT2D eigenvalue weighted by Gasteiger charge is 2.27. The normalized spacial score (nSPS) is 13.1. The molecule has 0 unspecified atom stereocenters. The van der Waals surface area contributed by atoms with Crippen molar-refractivity contribution in [3.63, 3.8) is 0 Å². The molecule has 0 saturated heterocycles. The lowest BCUT2D eigenvalue weighted by molar-refractivity contribution is -0.179. The molecule has 1 aliphatic heterocycles. The van der Waals surface area contributed by atoms with Gasteiger partial charge in [-0.3, -0.25) is 0 Å². The van der Waals surface area contributed by atoms with Gasteiger partial charge in [0.15, 0.2) is 0 Å². The van der Waals surface area contributed by atoms with Crippen LogP contribution < -0.4 is 9.75 Å². The predicted octanol–water partition coefficient (Wildman–Crippen LogP) is 6.94. The molecule has 0 N–H and O–H groups in total. The Morgan fingerprint density at radius 1 is 1.03 bits per heavy atom. The van der Waals surface area contributed by atoms with E-state index in [4.69, 9.17) is 26.2 Å². The summed E-state index contributed by atoms with van der Waals surface area (Å²) in [6.07, 6.45) is 2.80. The van der Waals surface area contributed by atoms with E-state index in [1.807, 2.05) is 84.7 Å². The van der Waals surface area contributed by atoms with Gasteiger partial charge in [0.05, 0.1) is 29.1 Å². The molecule has 0 aliphatic carbocycles. The van der Waals surface area contributed by atoms with E-state index >= 15 is 0 Å². The molecule has 0 bridgehead atoms. The van der Waals surface area contributed by atoms with Gasteiger partial charge in [0.1, 0.15) is 12.4 Å². The van der Waals surface area contributed by atoms with Gasteiger partial charge in [-0.25, -0.2) is 14.8 Å². The molecule has 182 valence electrons. The van der Waals surface area contributed by atoms with Crippen LogP contribution in [0.5, 0.6) is 5.75 Å². The zero-order valence-corrected chi connectivity index (χ0v) is 20.9. The summed E-state index contributed by atoms with van der Waals surface area (Å²) in [4.78, 5) is 22.0. The second kappa shape index (κ2) is 10.3. The van der Waals surface area contributed by atoms with Gasteiger partial charge in [-0.15, -0.1) is 5.17 Å². The van der Waals surface area contributed by atoms with Crippen molar-refractivity contribution in [2.75, 3.05) is 11.6 Å². The van der Waals surface area contributed by atoms with Crippen LogP contribution in [0, 0.1) is 0 Å². The summed E-state index contributed by atoms with van der Waals surface area (Å²) >= 11 is 6.15. The van der Waals surface area contributed by atoms with Crippen LogP contribution in [-0.2, 0) is 16.2 Å². The smallest absolute Gasteiger partial charge is 0.331 e. The number of hydroxylamine groups is 1. The summed E-state index contributed by atoms with van der Waals surface area (Å²) in [7, 11) is 0. The van der Waals surface area contributed by atoms with Crippen molar-refractivity contribution >= 4 is 34.2 Å². The maximum absolute atomic E-state index is 11.8. The lowest BCUT2D eigenvalue weighted by atomic mass is 10.0. The van der Waals surface area contributed by atoms with Crippen molar-refractivity contribution in [3.8, 4) is 16.9 Å². The summed E-state index contributed by atoms with van der Waals surface area (Å²) in [5, 5.41) is 5.25. The van der Waals surface area contributed by atoms with E-state index in [2.05, 4.69) is 12.1 Å². The highest BCUT2D eigenvalue weighted by molar-refractivity contribution is 6.30. The number of hydrazine groups is 1. The number of aromatic nitrogens is 1. The van der Waals surface area contributed by atoms with Crippen molar-refractivity contribution in [1.82, 2.24) is 10.2 Å². The summed E-state index contributed by atoms with van der Waals surface area (Å²) < 4.78 is 6.28. The highest BCUT2D eigenvalue weighted by atomic mass is 35.5. The molecule has 2 heterocycles. The maximum atomic E-state index is 11.8. The molecule has 0 radical (unpaired) electrons. The van der Waals surface area contributed by atoms with Crippen molar-refractivity contribution in [3.05, 3.63) is 101 Å². The van der Waals surface area contributed by atoms with Crippen LogP contribution in [0.3, 0.4) is 0 Å². The van der Waals surface area contributed by atoms with Gasteiger partial charge in [-0.05, 0) is 60.5 Å². The second-order valence-corrected chi connectivity index (χ2v) is 8.89. The molecule has 7 heteroatoms. The van der Waals surface area contributed by atoms with Crippen LogP contribution in [0.1, 0.15) is 26.0 Å². The Labute approximate surface area is 215 Å². The monoisotopic (exact) mass is 499 g/mol. The molecule has 0 fully saturated rings. The number of carbonyl (C=O) groups is 1. The van der Waals surface area contributed by atoms with Crippen molar-refractivity contribution in [1.29, 1.82) is 0 Å². The van der Waals surface area contributed by atoms with E-state index in [1.165, 1.54) is 6.92 Å². The third kappa shape index (κ3) is 4.99. The zero-order chi connectivity index (χ0) is 25.1. The first-order valence-corrected chi connectivity index (χ1v) is 12.2. The number of anilines is 1. The molecule has 0 amide bonds. The molecule has 1 aliphatic rings. The van der Waals surface area contributed by atoms with Gasteiger partial charge < -0.3 is 9.57 Å². The van der Waals surface area contributed by atoms with Crippen molar-refractivity contribution in [2.45, 2.75) is 26.9 Å². The fraction of sp³-hybridized carbons (Fsp3) is 0.172. The summed E-state index contributed by atoms with van der Waals surface area (Å²) in [6, 6.07) is 25.6. The van der Waals surface area contributed by atoms with E-state index in [0.29, 0.717) is 18.2 Å². The van der Waals surface area contributed by atoms with E-state index in [-0.39, 0.29) is 5.97 Å². The minimum atomic E-state index is -0.373. The number of benzene rings is 3. The largest absolute Gasteiger partial charge is 0.487 e. The molecule has 4 aromatic rings. The van der Waals surface area contributed by atoms with Gasteiger partial charge in [0.2, 0.25) is 0 Å². The first-order chi connectivity index (χ1) is 17.5. The average Bonchev–Trinajstić information content (AvgIpc) is 3.29. The van der Waals surface area contributed by atoms with Gasteiger partial charge in [-0.1, -0.05) is 54.9 Å². The highest BCUT2D eigenvalue weighted by Crippen LogP contribution is 2.37. The zero-order valence-electron chi connectivity index (χ0n) is 20.1. The Morgan fingerprint density at radius 3 is 2.61 bits per heavy atom. The number of rotatable bonds is 7. The number of para-hydroxylation sites is 1. The number of carbonyl (C=O) groups excluding carboxylic acids is 1. The number of hydrogen-bond donors (Lipinski definition) is 0. The fourth-order valence-corrected chi connectivity index (χ4v) is 4.34. The first-order valence-electron chi connectivity index (χ1n) is 11.8. The van der Waals surface area contributed by atoms with E-state index in [9.17, 15) is 4.79 Å². The molecule has 0 spiro atoms. The molecule has 6 nitrogen and oxygen atoms in total. The lowest BCUT2D eigenvalue weighted by Gasteiger charge is -2.31. The molecule has 3 aromatic carbocycles. The fourth-order valence-electron chi connectivity index (χ4n) is 4.22. The number of nitrogens with zero attached hydrogens (tertiary/aromatic N) is 3. The van der Waals surface area contributed by atoms with Crippen LogP contribution in [0.25, 0.3) is 22.0 Å². The standard InChI is InChI=1S/C29H26ClN3O3/c1-3-25-16-17-32(33(25)36-20(2)34)26-14-15-29(27(18-26)21-8-11-23(30)12-9-21)35-19-24-13-10-22-6-4-5-7-28(22)31-24/h4-16,18H,3,17,19H2,1-2H3. The Balaban J connectivity index is 1.47. The number of hydrogen-bond acceptors (Lipinski definition) is 6.